The van der Waals surface area contributed by atoms with E-state index in [2.05, 4.69) is 25.2 Å². The predicted octanol–water partition coefficient (Wildman–Crippen LogP) is 0.649. The number of hydrogen-bond donors (Lipinski definition) is 2. The van der Waals surface area contributed by atoms with Crippen molar-refractivity contribution in [3.8, 4) is 0 Å². The molecule has 2 rings (SSSR count). The molecule has 24 heavy (non-hydrogen) atoms. The van der Waals surface area contributed by atoms with Crippen molar-refractivity contribution in [3.63, 3.8) is 0 Å². The number of amides is 4. The molecule has 7 heteroatoms. The Morgan fingerprint density at radius 3 is 2.58 bits per heavy atom. The largest absolute Gasteiger partial charge is 0.368 e. The van der Waals surface area contributed by atoms with Crippen molar-refractivity contribution < 1.29 is 14.4 Å². The Labute approximate surface area is 141 Å². The third-order valence-corrected chi connectivity index (χ3v) is 4.06. The van der Waals surface area contributed by atoms with Crippen LogP contribution in [0.15, 0.2) is 24.3 Å². The summed E-state index contributed by atoms with van der Waals surface area (Å²) < 4.78 is 0. The average molecular weight is 332 g/mol. The Morgan fingerprint density at radius 2 is 1.96 bits per heavy atom. The number of nitrogens with zero attached hydrogens (tertiary/aromatic N) is 2. The molecule has 1 aromatic rings. The normalized spacial score (nSPS) is 14.9. The molecular formula is C17H24N4O3. The number of carbonyl (C=O) groups is 3. The molecule has 0 aliphatic carbocycles. The molecule has 0 atom stereocenters. The molecule has 1 saturated heterocycles. The molecule has 0 unspecified atom stereocenters. The maximum Gasteiger partial charge on any atom is 0.318 e. The molecule has 0 spiro atoms. The van der Waals surface area contributed by atoms with Crippen molar-refractivity contribution in [2.75, 3.05) is 26.2 Å². The van der Waals surface area contributed by atoms with Crippen LogP contribution in [0.4, 0.5) is 4.79 Å². The van der Waals surface area contributed by atoms with E-state index in [1.54, 1.807) is 0 Å². The van der Waals surface area contributed by atoms with E-state index in [1.807, 2.05) is 18.2 Å². The number of nitrogens with two attached hydrogens (primary N) is 1. The highest BCUT2D eigenvalue weighted by Crippen LogP contribution is 2.19. The standard InChI is InChI=1S/C17H24N4O3/c1-12(2)14-6-4-3-5-13(14)9-19-17(24)21-8-7-20(10-15(18)22)16(23)11-21/h3-6,12H,7-11H2,1-2H3,(H2,18,22)(H,19,24). The molecule has 4 amide bonds. The molecule has 7 nitrogen and oxygen atoms in total. The summed E-state index contributed by atoms with van der Waals surface area (Å²) in [5.74, 6) is -0.443. The van der Waals surface area contributed by atoms with Gasteiger partial charge in [-0.1, -0.05) is 38.1 Å². The van der Waals surface area contributed by atoms with Gasteiger partial charge < -0.3 is 20.9 Å². The van der Waals surface area contributed by atoms with Gasteiger partial charge in [0.2, 0.25) is 11.8 Å². The number of carbonyl (C=O) groups excluding carboxylic acids is 3. The van der Waals surface area contributed by atoms with E-state index >= 15 is 0 Å². The summed E-state index contributed by atoms with van der Waals surface area (Å²) in [4.78, 5) is 38.0. The molecule has 1 aliphatic heterocycles. The minimum absolute atomic E-state index is 0.0368. The molecule has 3 N–H and O–H groups in total. The fourth-order valence-corrected chi connectivity index (χ4v) is 2.78. The quantitative estimate of drug-likeness (QED) is 0.828. The number of benzene rings is 1. The summed E-state index contributed by atoms with van der Waals surface area (Å²) in [5, 5.41) is 2.86. The second-order valence-corrected chi connectivity index (χ2v) is 6.22. The van der Waals surface area contributed by atoms with Crippen molar-refractivity contribution in [1.82, 2.24) is 15.1 Å². The maximum absolute atomic E-state index is 12.3. The van der Waals surface area contributed by atoms with Crippen LogP contribution in [-0.4, -0.2) is 53.8 Å². The Bertz CT molecular complexity index is 630. The van der Waals surface area contributed by atoms with Gasteiger partial charge >= 0.3 is 6.03 Å². The topological polar surface area (TPSA) is 95.7 Å². The zero-order valence-electron chi connectivity index (χ0n) is 14.1. The van der Waals surface area contributed by atoms with Gasteiger partial charge in [-0.15, -0.1) is 0 Å². The number of piperazine rings is 1. The molecule has 0 bridgehead atoms. The lowest BCUT2D eigenvalue weighted by atomic mass is 9.97. The number of primary amides is 1. The molecule has 0 aromatic heterocycles. The smallest absolute Gasteiger partial charge is 0.318 e. The lowest BCUT2D eigenvalue weighted by molar-refractivity contribution is -0.138. The van der Waals surface area contributed by atoms with E-state index in [0.717, 1.165) is 5.56 Å². The van der Waals surface area contributed by atoms with Crippen molar-refractivity contribution in [3.05, 3.63) is 35.4 Å². The van der Waals surface area contributed by atoms with Gasteiger partial charge in [-0.25, -0.2) is 4.79 Å². The molecule has 1 fully saturated rings. The van der Waals surface area contributed by atoms with Crippen LogP contribution in [0.25, 0.3) is 0 Å². The second-order valence-electron chi connectivity index (χ2n) is 6.22. The highest BCUT2D eigenvalue weighted by Gasteiger charge is 2.27. The lowest BCUT2D eigenvalue weighted by Crippen LogP contribution is -2.55. The van der Waals surface area contributed by atoms with Crippen LogP contribution in [0.5, 0.6) is 0 Å². The van der Waals surface area contributed by atoms with Crippen molar-refractivity contribution in [1.29, 1.82) is 0 Å². The van der Waals surface area contributed by atoms with Gasteiger partial charge in [-0.2, -0.15) is 0 Å². The highest BCUT2D eigenvalue weighted by molar-refractivity contribution is 5.88. The van der Waals surface area contributed by atoms with Gasteiger partial charge in [0.05, 0.1) is 6.54 Å². The van der Waals surface area contributed by atoms with E-state index in [-0.39, 0.29) is 25.0 Å². The van der Waals surface area contributed by atoms with Gasteiger partial charge in [0.1, 0.15) is 6.54 Å². The van der Waals surface area contributed by atoms with E-state index in [1.165, 1.54) is 15.4 Å². The van der Waals surface area contributed by atoms with Crippen LogP contribution in [0, 0.1) is 0 Å². The van der Waals surface area contributed by atoms with Crippen LogP contribution >= 0.6 is 0 Å². The van der Waals surface area contributed by atoms with Crippen LogP contribution < -0.4 is 11.1 Å². The lowest BCUT2D eigenvalue weighted by Gasteiger charge is -2.33. The Kier molecular flexibility index (Phi) is 5.78. The Morgan fingerprint density at radius 1 is 1.25 bits per heavy atom. The Balaban J connectivity index is 1.90. The average Bonchev–Trinajstić information content (AvgIpc) is 2.54. The van der Waals surface area contributed by atoms with Gasteiger partial charge in [0.25, 0.3) is 0 Å². The maximum atomic E-state index is 12.3. The number of urea groups is 1. The van der Waals surface area contributed by atoms with Crippen molar-refractivity contribution >= 4 is 17.8 Å². The van der Waals surface area contributed by atoms with Gasteiger partial charge in [0.15, 0.2) is 0 Å². The van der Waals surface area contributed by atoms with E-state index < -0.39 is 5.91 Å². The highest BCUT2D eigenvalue weighted by atomic mass is 16.2. The molecule has 130 valence electrons. The van der Waals surface area contributed by atoms with Crippen molar-refractivity contribution in [2.24, 2.45) is 5.73 Å². The van der Waals surface area contributed by atoms with E-state index in [9.17, 15) is 14.4 Å². The van der Waals surface area contributed by atoms with E-state index in [0.29, 0.717) is 25.6 Å². The first-order valence-electron chi connectivity index (χ1n) is 8.05. The zero-order valence-corrected chi connectivity index (χ0v) is 14.1. The fourth-order valence-electron chi connectivity index (χ4n) is 2.78. The number of rotatable bonds is 5. The molecule has 1 heterocycles. The summed E-state index contributed by atoms with van der Waals surface area (Å²) in [6.45, 7) is 5.20. The van der Waals surface area contributed by atoms with Crippen LogP contribution in [0.3, 0.4) is 0 Å². The van der Waals surface area contributed by atoms with Crippen LogP contribution in [0.2, 0.25) is 0 Å². The van der Waals surface area contributed by atoms with Crippen LogP contribution in [-0.2, 0) is 16.1 Å². The third-order valence-electron chi connectivity index (χ3n) is 4.06. The summed E-state index contributed by atoms with van der Waals surface area (Å²) in [7, 11) is 0. The summed E-state index contributed by atoms with van der Waals surface area (Å²) in [6.07, 6.45) is 0. The summed E-state index contributed by atoms with van der Waals surface area (Å²) in [5.41, 5.74) is 7.37. The molecular weight excluding hydrogens is 308 g/mol. The van der Waals surface area contributed by atoms with Gasteiger partial charge in [-0.3, -0.25) is 9.59 Å². The minimum Gasteiger partial charge on any atom is -0.368 e. The molecule has 1 aliphatic rings. The first-order chi connectivity index (χ1) is 11.4. The monoisotopic (exact) mass is 332 g/mol. The molecule has 0 radical (unpaired) electrons. The predicted molar refractivity (Wildman–Crippen MR) is 90.1 cm³/mol. The SMILES string of the molecule is CC(C)c1ccccc1CNC(=O)N1CCN(CC(N)=O)C(=O)C1. The third kappa shape index (κ3) is 4.47. The molecule has 0 saturated carbocycles. The number of hydrogen-bond acceptors (Lipinski definition) is 3. The molecule has 1 aromatic carbocycles. The fraction of sp³-hybridized carbons (Fsp3) is 0.471. The summed E-state index contributed by atoms with van der Waals surface area (Å²) in [6, 6.07) is 7.70. The van der Waals surface area contributed by atoms with Gasteiger partial charge in [-0.05, 0) is 17.0 Å². The Hall–Kier alpha value is -2.57. The van der Waals surface area contributed by atoms with Gasteiger partial charge in [0, 0.05) is 19.6 Å². The first-order valence-corrected chi connectivity index (χ1v) is 8.05. The van der Waals surface area contributed by atoms with Crippen molar-refractivity contribution in [2.45, 2.75) is 26.3 Å². The first kappa shape index (κ1) is 17.8. The van der Waals surface area contributed by atoms with Crippen LogP contribution in [0.1, 0.15) is 30.9 Å². The summed E-state index contributed by atoms with van der Waals surface area (Å²) >= 11 is 0. The zero-order chi connectivity index (χ0) is 17.7. The second kappa shape index (κ2) is 7.81. The number of nitrogens with one attached hydrogen (secondary N) is 1. The minimum atomic E-state index is -0.549. The van der Waals surface area contributed by atoms with E-state index in [4.69, 9.17) is 5.73 Å².